The number of carbonyl (C=O) groups excluding carboxylic acids is 1. The van der Waals surface area contributed by atoms with Crippen molar-refractivity contribution >= 4 is 22.8 Å². The average Bonchev–Trinajstić information content (AvgIpc) is 3.39. The summed E-state index contributed by atoms with van der Waals surface area (Å²) >= 11 is 0. The van der Waals surface area contributed by atoms with Gasteiger partial charge in [0.1, 0.15) is 23.2 Å². The first-order valence-corrected chi connectivity index (χ1v) is 10.6. The van der Waals surface area contributed by atoms with Crippen LogP contribution in [0.2, 0.25) is 0 Å². The molecule has 2 saturated heterocycles. The minimum absolute atomic E-state index is 0.0295. The maximum Gasteiger partial charge on any atom is 0.289 e. The van der Waals surface area contributed by atoms with Crippen molar-refractivity contribution in [1.29, 1.82) is 0 Å². The Kier molecular flexibility index (Phi) is 4.96. The Labute approximate surface area is 184 Å². The summed E-state index contributed by atoms with van der Waals surface area (Å²) in [5.74, 6) is 0.214. The van der Waals surface area contributed by atoms with Crippen molar-refractivity contribution in [1.82, 2.24) is 25.4 Å². The molecule has 10 heteroatoms. The van der Waals surface area contributed by atoms with Crippen LogP contribution in [0.1, 0.15) is 29.8 Å². The standard InChI is InChI=1S/C22H25FN6O3/c1-28(2)21(31)19-7-11-6-17(30)13(9-18(11)32-19)15-10-24-22(27-26-15)29(3)16-8-12-4-5-14(25-12)20(16)23/h6-7,9-10,12,14,16,20,25,30H,4-5,8H2,1-3H3/t12?,14?,16-,20+/m1/s1. The molecule has 2 unspecified atom stereocenters. The van der Waals surface area contributed by atoms with Crippen LogP contribution in [0.4, 0.5) is 10.3 Å². The molecule has 168 valence electrons. The van der Waals surface area contributed by atoms with Crippen LogP contribution in [0.5, 0.6) is 5.75 Å². The van der Waals surface area contributed by atoms with Crippen molar-refractivity contribution < 1.29 is 18.7 Å². The smallest absolute Gasteiger partial charge is 0.289 e. The Hall–Kier alpha value is -3.27. The van der Waals surface area contributed by atoms with Gasteiger partial charge in [-0.2, -0.15) is 0 Å². The summed E-state index contributed by atoms with van der Waals surface area (Å²) in [6.45, 7) is 0. The molecule has 3 aromatic rings. The van der Waals surface area contributed by atoms with Gasteiger partial charge in [0.25, 0.3) is 5.91 Å². The number of amides is 1. The molecule has 1 aromatic carbocycles. The highest BCUT2D eigenvalue weighted by Crippen LogP contribution is 2.35. The van der Waals surface area contributed by atoms with Gasteiger partial charge in [0.05, 0.1) is 12.2 Å². The number of hydrogen-bond acceptors (Lipinski definition) is 8. The number of furan rings is 1. The monoisotopic (exact) mass is 440 g/mol. The van der Waals surface area contributed by atoms with E-state index < -0.39 is 6.17 Å². The van der Waals surface area contributed by atoms with E-state index in [2.05, 4.69) is 20.5 Å². The summed E-state index contributed by atoms with van der Waals surface area (Å²) in [4.78, 5) is 19.7. The molecule has 2 aliphatic heterocycles. The van der Waals surface area contributed by atoms with Crippen molar-refractivity contribution in [2.45, 2.75) is 43.6 Å². The third-order valence-corrected chi connectivity index (χ3v) is 6.44. The first-order chi connectivity index (χ1) is 15.3. The van der Waals surface area contributed by atoms with E-state index in [0.29, 0.717) is 40.6 Å². The molecule has 2 bridgehead atoms. The molecule has 0 radical (unpaired) electrons. The summed E-state index contributed by atoms with van der Waals surface area (Å²) in [5, 5.41) is 22.8. The van der Waals surface area contributed by atoms with Gasteiger partial charge in [-0.3, -0.25) is 4.79 Å². The number of anilines is 1. The number of piperidine rings is 1. The maximum atomic E-state index is 14.9. The van der Waals surface area contributed by atoms with Crippen LogP contribution in [-0.4, -0.2) is 76.5 Å². The van der Waals surface area contributed by atoms with Crippen molar-refractivity contribution in [3.8, 4) is 17.0 Å². The van der Waals surface area contributed by atoms with E-state index in [1.165, 1.54) is 17.2 Å². The lowest BCUT2D eigenvalue weighted by atomic mass is 9.97. The van der Waals surface area contributed by atoms with Crippen LogP contribution in [0.15, 0.2) is 28.8 Å². The van der Waals surface area contributed by atoms with E-state index in [9.17, 15) is 14.3 Å². The minimum Gasteiger partial charge on any atom is -0.507 e. The van der Waals surface area contributed by atoms with E-state index in [-0.39, 0.29) is 29.5 Å². The van der Waals surface area contributed by atoms with Crippen molar-refractivity contribution in [3.63, 3.8) is 0 Å². The summed E-state index contributed by atoms with van der Waals surface area (Å²) in [6.07, 6.45) is 3.04. The normalized spacial score (nSPS) is 24.6. The summed E-state index contributed by atoms with van der Waals surface area (Å²) in [5.41, 5.74) is 1.17. The number of alkyl halides is 1. The van der Waals surface area contributed by atoms with E-state index in [0.717, 1.165) is 12.8 Å². The van der Waals surface area contributed by atoms with Crippen molar-refractivity contribution in [2.75, 3.05) is 26.0 Å². The van der Waals surface area contributed by atoms with Gasteiger partial charge in [-0.1, -0.05) is 0 Å². The SMILES string of the molecule is CN(C)C(=O)c1cc2cc(O)c(-c3cnc(N(C)[C@@H]4CC5CCC(N5)[C@@H]4F)nn3)cc2o1. The lowest BCUT2D eigenvalue weighted by Crippen LogP contribution is -2.55. The average molecular weight is 440 g/mol. The molecular weight excluding hydrogens is 415 g/mol. The van der Waals surface area contributed by atoms with Crippen LogP contribution in [0.25, 0.3) is 22.2 Å². The number of halogens is 1. The Balaban J connectivity index is 1.41. The lowest BCUT2D eigenvalue weighted by Gasteiger charge is -2.38. The molecule has 1 amide bonds. The molecule has 2 aromatic heterocycles. The number of nitrogens with zero attached hydrogens (tertiary/aromatic N) is 5. The second kappa shape index (κ2) is 7.70. The van der Waals surface area contributed by atoms with Crippen LogP contribution in [0.3, 0.4) is 0 Å². The number of carbonyl (C=O) groups is 1. The first kappa shape index (κ1) is 20.6. The van der Waals surface area contributed by atoms with Crippen LogP contribution in [-0.2, 0) is 0 Å². The zero-order valence-electron chi connectivity index (χ0n) is 18.1. The molecule has 0 spiro atoms. The Morgan fingerprint density at radius 3 is 2.75 bits per heavy atom. The zero-order chi connectivity index (χ0) is 22.6. The lowest BCUT2D eigenvalue weighted by molar-refractivity contribution is 0.0799. The molecule has 4 atom stereocenters. The Morgan fingerprint density at radius 1 is 1.22 bits per heavy atom. The summed E-state index contributed by atoms with van der Waals surface area (Å²) in [6, 6.07) is 4.61. The number of benzene rings is 1. The molecule has 32 heavy (non-hydrogen) atoms. The molecular formula is C22H25FN6O3. The van der Waals surface area contributed by atoms with Gasteiger partial charge in [-0.25, -0.2) is 9.37 Å². The summed E-state index contributed by atoms with van der Waals surface area (Å²) in [7, 11) is 5.06. The number of fused-ring (bicyclic) bond motifs is 3. The van der Waals surface area contributed by atoms with E-state index in [1.54, 1.807) is 38.2 Å². The fourth-order valence-electron chi connectivity index (χ4n) is 4.66. The minimum atomic E-state index is -0.994. The van der Waals surface area contributed by atoms with Crippen molar-refractivity contribution in [3.05, 3.63) is 30.2 Å². The number of nitrogens with one attached hydrogen (secondary N) is 1. The Bertz CT molecular complexity index is 1160. The highest BCUT2D eigenvalue weighted by Gasteiger charge is 2.44. The highest BCUT2D eigenvalue weighted by atomic mass is 19.1. The second-order valence-electron chi connectivity index (χ2n) is 8.77. The largest absolute Gasteiger partial charge is 0.507 e. The third kappa shape index (κ3) is 3.44. The van der Waals surface area contributed by atoms with E-state index in [1.807, 2.05) is 0 Å². The van der Waals surface area contributed by atoms with E-state index >= 15 is 0 Å². The predicted octanol–water partition coefficient (Wildman–Crippen LogP) is 2.36. The highest BCUT2D eigenvalue weighted by molar-refractivity contribution is 5.97. The molecule has 4 heterocycles. The molecule has 2 N–H and O–H groups in total. The maximum absolute atomic E-state index is 14.9. The topological polar surface area (TPSA) is 108 Å². The van der Waals surface area contributed by atoms with Gasteiger partial charge in [0.2, 0.25) is 5.95 Å². The number of phenolic OH excluding ortho intramolecular Hbond substituents is 1. The molecule has 9 nitrogen and oxygen atoms in total. The number of hydrogen-bond donors (Lipinski definition) is 2. The number of aromatic nitrogens is 3. The molecule has 5 rings (SSSR count). The van der Waals surface area contributed by atoms with Crippen LogP contribution < -0.4 is 10.2 Å². The van der Waals surface area contributed by atoms with Gasteiger partial charge < -0.3 is 24.6 Å². The third-order valence-electron chi connectivity index (χ3n) is 6.44. The van der Waals surface area contributed by atoms with Crippen molar-refractivity contribution in [2.24, 2.45) is 0 Å². The Morgan fingerprint density at radius 2 is 2.03 bits per heavy atom. The van der Waals surface area contributed by atoms with Gasteiger partial charge in [0.15, 0.2) is 5.76 Å². The van der Waals surface area contributed by atoms with Gasteiger partial charge in [-0.05, 0) is 37.5 Å². The number of phenols is 1. The number of aromatic hydroxyl groups is 1. The van der Waals surface area contributed by atoms with Gasteiger partial charge in [0, 0.05) is 44.2 Å². The summed E-state index contributed by atoms with van der Waals surface area (Å²) < 4.78 is 20.5. The molecule has 0 saturated carbocycles. The molecule has 0 aliphatic carbocycles. The first-order valence-electron chi connectivity index (χ1n) is 10.6. The van der Waals surface area contributed by atoms with E-state index in [4.69, 9.17) is 4.42 Å². The second-order valence-corrected chi connectivity index (χ2v) is 8.77. The molecule has 2 fully saturated rings. The van der Waals surface area contributed by atoms with Gasteiger partial charge in [-0.15, -0.1) is 10.2 Å². The quantitative estimate of drug-likeness (QED) is 0.637. The fraction of sp³-hybridized carbons (Fsp3) is 0.455. The predicted molar refractivity (Wildman–Crippen MR) is 116 cm³/mol. The van der Waals surface area contributed by atoms with Gasteiger partial charge >= 0.3 is 0 Å². The number of rotatable bonds is 4. The fourth-order valence-corrected chi connectivity index (χ4v) is 4.66. The van der Waals surface area contributed by atoms with Crippen LogP contribution in [0, 0.1) is 0 Å². The zero-order valence-corrected chi connectivity index (χ0v) is 18.1. The van der Waals surface area contributed by atoms with Crippen LogP contribution >= 0.6 is 0 Å². The molecule has 2 aliphatic rings.